The van der Waals surface area contributed by atoms with E-state index < -0.39 is 6.04 Å². The molecule has 3 aromatic rings. The lowest BCUT2D eigenvalue weighted by Gasteiger charge is -2.35. The van der Waals surface area contributed by atoms with Crippen LogP contribution < -0.4 is 5.56 Å². The Morgan fingerprint density at radius 1 is 1.25 bits per heavy atom. The molecule has 0 unspecified atom stereocenters. The maximum absolute atomic E-state index is 13.3. The molecule has 0 radical (unpaired) electrons. The van der Waals surface area contributed by atoms with Gasteiger partial charge in [0.05, 0.1) is 18.8 Å². The van der Waals surface area contributed by atoms with Gasteiger partial charge in [-0.15, -0.1) is 5.10 Å². The molecule has 0 spiro atoms. The van der Waals surface area contributed by atoms with Crippen molar-refractivity contribution in [2.45, 2.75) is 63.8 Å². The number of rotatable bonds is 6. The number of aromatic nitrogens is 5. The van der Waals surface area contributed by atoms with Gasteiger partial charge in [0.15, 0.2) is 5.82 Å². The number of H-pyrrole nitrogens is 1. The summed E-state index contributed by atoms with van der Waals surface area (Å²) in [4.78, 5) is 18.5. The largest absolute Gasteiger partial charge is 0.393 e. The van der Waals surface area contributed by atoms with Crippen molar-refractivity contribution in [1.29, 1.82) is 0 Å². The summed E-state index contributed by atoms with van der Waals surface area (Å²) in [6.07, 6.45) is 4.05. The van der Waals surface area contributed by atoms with Crippen LogP contribution in [0.4, 0.5) is 0 Å². The Morgan fingerprint density at radius 2 is 2.09 bits per heavy atom. The number of nitrogens with zero attached hydrogens (tertiary/aromatic N) is 5. The zero-order valence-electron chi connectivity index (χ0n) is 18.4. The fourth-order valence-corrected chi connectivity index (χ4v) is 4.86. The Labute approximate surface area is 186 Å². The van der Waals surface area contributed by atoms with E-state index >= 15 is 0 Å². The van der Waals surface area contributed by atoms with Crippen LogP contribution in [0.15, 0.2) is 29.1 Å². The number of likely N-dealkylation sites (tertiary alicyclic amines) is 1. The molecule has 2 fully saturated rings. The van der Waals surface area contributed by atoms with Crippen LogP contribution in [0.1, 0.15) is 55.6 Å². The van der Waals surface area contributed by atoms with Gasteiger partial charge < -0.3 is 14.8 Å². The molecule has 9 heteroatoms. The van der Waals surface area contributed by atoms with E-state index in [1.165, 1.54) is 5.56 Å². The molecule has 0 amide bonds. The monoisotopic (exact) mass is 438 g/mol. The number of fused-ring (bicyclic) bond motifs is 1. The normalized spacial score (nSPS) is 21.4. The first-order valence-corrected chi connectivity index (χ1v) is 11.6. The minimum absolute atomic E-state index is 0.0862. The Morgan fingerprint density at radius 3 is 2.84 bits per heavy atom. The van der Waals surface area contributed by atoms with Crippen LogP contribution in [0.5, 0.6) is 0 Å². The maximum atomic E-state index is 13.3. The second kappa shape index (κ2) is 9.09. The summed E-state index contributed by atoms with van der Waals surface area (Å²) >= 11 is 0. The first-order chi connectivity index (χ1) is 15.6. The van der Waals surface area contributed by atoms with Crippen molar-refractivity contribution < 1.29 is 9.84 Å². The lowest BCUT2D eigenvalue weighted by atomic mass is 9.98. The minimum atomic E-state index is -0.391. The number of piperidine rings is 1. The third-order valence-electron chi connectivity index (χ3n) is 6.71. The van der Waals surface area contributed by atoms with E-state index in [0.717, 1.165) is 36.8 Å². The maximum Gasteiger partial charge on any atom is 0.253 e. The van der Waals surface area contributed by atoms with E-state index in [1.807, 2.05) is 18.2 Å². The lowest BCUT2D eigenvalue weighted by molar-refractivity contribution is 0.0632. The summed E-state index contributed by atoms with van der Waals surface area (Å²) in [6.45, 7) is 4.80. The number of hydrogen-bond donors (Lipinski definition) is 2. The van der Waals surface area contributed by atoms with Crippen molar-refractivity contribution in [3.05, 3.63) is 51.6 Å². The predicted octanol–water partition coefficient (Wildman–Crippen LogP) is 1.80. The summed E-state index contributed by atoms with van der Waals surface area (Å²) in [7, 11) is 0. The summed E-state index contributed by atoms with van der Waals surface area (Å²) in [6, 6.07) is 7.73. The van der Waals surface area contributed by atoms with E-state index in [0.29, 0.717) is 43.9 Å². The molecule has 1 aromatic carbocycles. The number of ether oxygens (including phenoxy) is 1. The van der Waals surface area contributed by atoms with E-state index in [9.17, 15) is 9.90 Å². The molecule has 0 saturated carbocycles. The number of aromatic amines is 1. The highest BCUT2D eigenvalue weighted by Crippen LogP contribution is 2.30. The van der Waals surface area contributed by atoms with Gasteiger partial charge in [0, 0.05) is 30.8 Å². The van der Waals surface area contributed by atoms with Gasteiger partial charge in [-0.3, -0.25) is 9.69 Å². The van der Waals surface area contributed by atoms with Gasteiger partial charge in [0.2, 0.25) is 0 Å². The second-order valence-electron chi connectivity index (χ2n) is 8.85. The summed E-state index contributed by atoms with van der Waals surface area (Å²) in [5.74, 6) is 0.647. The van der Waals surface area contributed by atoms with E-state index in [2.05, 4.69) is 38.4 Å². The van der Waals surface area contributed by atoms with Gasteiger partial charge in [-0.2, -0.15) is 0 Å². The molecule has 0 aliphatic carbocycles. The number of tetrazole rings is 1. The number of benzene rings is 1. The number of nitrogens with one attached hydrogen (secondary N) is 1. The van der Waals surface area contributed by atoms with Crippen LogP contribution in [-0.2, 0) is 17.7 Å². The fraction of sp³-hybridized carbons (Fsp3) is 0.565. The van der Waals surface area contributed by atoms with Crippen LogP contribution in [0.2, 0.25) is 0 Å². The molecule has 32 heavy (non-hydrogen) atoms. The molecule has 2 aromatic heterocycles. The molecular weight excluding hydrogens is 408 g/mol. The third kappa shape index (κ3) is 4.20. The average Bonchev–Trinajstić information content (AvgIpc) is 3.48. The van der Waals surface area contributed by atoms with Gasteiger partial charge >= 0.3 is 0 Å². The zero-order valence-corrected chi connectivity index (χ0v) is 18.4. The summed E-state index contributed by atoms with van der Waals surface area (Å²) < 4.78 is 7.59. The van der Waals surface area contributed by atoms with Gasteiger partial charge in [-0.1, -0.05) is 13.0 Å². The van der Waals surface area contributed by atoms with Gasteiger partial charge in [-0.25, -0.2) is 4.68 Å². The van der Waals surface area contributed by atoms with Crippen LogP contribution in [0, 0.1) is 0 Å². The Bertz CT molecular complexity index is 1130. The Balaban J connectivity index is 1.59. The van der Waals surface area contributed by atoms with Crippen molar-refractivity contribution in [3.8, 4) is 0 Å². The fourth-order valence-electron chi connectivity index (χ4n) is 4.86. The number of pyridine rings is 1. The molecule has 4 heterocycles. The zero-order chi connectivity index (χ0) is 22.1. The van der Waals surface area contributed by atoms with E-state index in [4.69, 9.17) is 4.74 Å². The number of hydrogen-bond acceptors (Lipinski definition) is 7. The highest BCUT2D eigenvalue weighted by atomic mass is 16.5. The molecule has 0 bridgehead atoms. The second-order valence-corrected chi connectivity index (χ2v) is 8.85. The molecule has 2 aliphatic heterocycles. The molecule has 9 nitrogen and oxygen atoms in total. The highest BCUT2D eigenvalue weighted by Gasteiger charge is 2.33. The van der Waals surface area contributed by atoms with Crippen molar-refractivity contribution in [2.75, 3.05) is 19.7 Å². The highest BCUT2D eigenvalue weighted by molar-refractivity contribution is 5.80. The van der Waals surface area contributed by atoms with Crippen LogP contribution in [-0.4, -0.2) is 67.1 Å². The molecule has 2 saturated heterocycles. The molecule has 170 valence electrons. The topological polar surface area (TPSA) is 109 Å². The standard InChI is InChI=1S/C23H30N6O3/c1-2-15-5-6-20-16(12-15)13-19(23(31)24-20)21(28-9-7-17(30)8-10-28)22-25-26-27-29(22)14-18-4-3-11-32-18/h5-6,12-13,17-18,21,30H,2-4,7-11,14H2,1H3,(H,24,31)/t18-,21+/m0/s1. The molecule has 5 rings (SSSR count). The van der Waals surface area contributed by atoms with E-state index in [-0.39, 0.29) is 17.8 Å². The average molecular weight is 439 g/mol. The quantitative estimate of drug-likeness (QED) is 0.604. The third-order valence-corrected chi connectivity index (χ3v) is 6.71. The lowest BCUT2D eigenvalue weighted by Crippen LogP contribution is -2.42. The SMILES string of the molecule is CCc1ccc2[nH]c(=O)c([C@H](c3nnnn3C[C@@H]3CCCO3)N3CCC(O)CC3)cc2c1. The van der Waals surface area contributed by atoms with Crippen molar-refractivity contribution >= 4 is 10.9 Å². The van der Waals surface area contributed by atoms with Crippen LogP contribution in [0.25, 0.3) is 10.9 Å². The Hall–Kier alpha value is -2.62. The van der Waals surface area contributed by atoms with Crippen LogP contribution >= 0.6 is 0 Å². The van der Waals surface area contributed by atoms with Crippen LogP contribution in [0.3, 0.4) is 0 Å². The summed E-state index contributed by atoms with van der Waals surface area (Å²) in [5, 5.41) is 23.6. The predicted molar refractivity (Wildman–Crippen MR) is 119 cm³/mol. The molecule has 2 N–H and O–H groups in total. The minimum Gasteiger partial charge on any atom is -0.393 e. The van der Waals surface area contributed by atoms with Crippen molar-refractivity contribution in [3.63, 3.8) is 0 Å². The molecular formula is C23H30N6O3. The Kier molecular flexibility index (Phi) is 6.03. The molecule has 2 atom stereocenters. The van der Waals surface area contributed by atoms with Crippen molar-refractivity contribution in [2.24, 2.45) is 0 Å². The molecule has 2 aliphatic rings. The van der Waals surface area contributed by atoms with Crippen molar-refractivity contribution in [1.82, 2.24) is 30.1 Å². The first-order valence-electron chi connectivity index (χ1n) is 11.6. The number of aryl methyl sites for hydroxylation is 1. The number of aliphatic hydroxyl groups excluding tert-OH is 1. The summed E-state index contributed by atoms with van der Waals surface area (Å²) in [5.41, 5.74) is 2.54. The van der Waals surface area contributed by atoms with Gasteiger partial charge in [0.25, 0.3) is 5.56 Å². The smallest absolute Gasteiger partial charge is 0.253 e. The van der Waals surface area contributed by atoms with Gasteiger partial charge in [-0.05, 0) is 71.7 Å². The number of aliphatic hydroxyl groups is 1. The van der Waals surface area contributed by atoms with E-state index in [1.54, 1.807) is 4.68 Å². The van der Waals surface area contributed by atoms with Gasteiger partial charge in [0.1, 0.15) is 6.04 Å². The first kappa shape index (κ1) is 21.2.